The number of nitrogens with zero attached hydrogens (tertiary/aromatic N) is 1. The summed E-state index contributed by atoms with van der Waals surface area (Å²) >= 11 is 0. The van der Waals surface area contributed by atoms with Gasteiger partial charge in [0.15, 0.2) is 5.78 Å². The van der Waals surface area contributed by atoms with E-state index in [2.05, 4.69) is 38.1 Å². The maximum atomic E-state index is 12.3. The standard InChI is InChI=1S/C15H15NO.C8H10/c1-16(2)14-11-7-6-10-13(14)15(17)12-8-4-3-5-9-12;1-7-5-3-4-6-8(7)2/h3-11H,1-2H3;3-6H,1-2H3. The average Bonchev–Trinajstić information content (AvgIpc) is 2.65. The van der Waals surface area contributed by atoms with E-state index in [1.165, 1.54) is 11.1 Å². The van der Waals surface area contributed by atoms with Gasteiger partial charge in [0.1, 0.15) is 0 Å². The second-order valence-corrected chi connectivity index (χ2v) is 6.19. The SMILES string of the molecule is CN(C)c1ccccc1C(=O)c1ccccc1.Cc1ccccc1C. The van der Waals surface area contributed by atoms with Gasteiger partial charge in [0, 0.05) is 30.9 Å². The van der Waals surface area contributed by atoms with Crippen molar-refractivity contribution >= 4 is 11.5 Å². The van der Waals surface area contributed by atoms with Crippen LogP contribution in [-0.4, -0.2) is 19.9 Å². The minimum absolute atomic E-state index is 0.0647. The molecule has 128 valence electrons. The summed E-state index contributed by atoms with van der Waals surface area (Å²) in [7, 11) is 3.88. The third kappa shape index (κ3) is 5.05. The van der Waals surface area contributed by atoms with E-state index in [0.717, 1.165) is 16.8 Å². The number of carbonyl (C=O) groups is 1. The highest BCUT2D eigenvalue weighted by Crippen LogP contribution is 2.21. The molecule has 3 rings (SSSR count). The van der Waals surface area contributed by atoms with Crippen LogP contribution in [0.5, 0.6) is 0 Å². The Bertz CT molecular complexity index is 801. The van der Waals surface area contributed by atoms with Gasteiger partial charge in [-0.05, 0) is 37.1 Å². The average molecular weight is 331 g/mol. The fourth-order valence-electron chi connectivity index (χ4n) is 2.46. The molecule has 0 aliphatic rings. The van der Waals surface area contributed by atoms with Crippen molar-refractivity contribution in [1.29, 1.82) is 0 Å². The molecule has 3 aromatic carbocycles. The molecule has 25 heavy (non-hydrogen) atoms. The third-order valence-corrected chi connectivity index (χ3v) is 4.09. The van der Waals surface area contributed by atoms with E-state index in [1.54, 1.807) is 0 Å². The van der Waals surface area contributed by atoms with Gasteiger partial charge in [-0.3, -0.25) is 4.79 Å². The van der Waals surface area contributed by atoms with Crippen LogP contribution in [-0.2, 0) is 0 Å². The van der Waals surface area contributed by atoms with Crippen LogP contribution in [0.4, 0.5) is 5.69 Å². The lowest BCUT2D eigenvalue weighted by Crippen LogP contribution is -2.14. The summed E-state index contributed by atoms with van der Waals surface area (Å²) in [6.07, 6.45) is 0. The Morgan fingerprint density at radius 3 is 1.68 bits per heavy atom. The number of anilines is 1. The largest absolute Gasteiger partial charge is 0.377 e. The van der Waals surface area contributed by atoms with Crippen molar-refractivity contribution < 1.29 is 4.79 Å². The highest BCUT2D eigenvalue weighted by atomic mass is 16.1. The molecule has 0 unspecified atom stereocenters. The van der Waals surface area contributed by atoms with E-state index in [-0.39, 0.29) is 5.78 Å². The molecule has 0 heterocycles. The zero-order valence-corrected chi connectivity index (χ0v) is 15.4. The molecule has 0 saturated carbocycles. The van der Waals surface area contributed by atoms with E-state index in [9.17, 15) is 4.79 Å². The lowest BCUT2D eigenvalue weighted by atomic mass is 10.0. The summed E-state index contributed by atoms with van der Waals surface area (Å²) in [6.45, 7) is 4.24. The first-order valence-corrected chi connectivity index (χ1v) is 8.39. The number of ketones is 1. The molecule has 0 amide bonds. The van der Waals surface area contributed by atoms with E-state index >= 15 is 0 Å². The summed E-state index contributed by atoms with van der Waals surface area (Å²) in [4.78, 5) is 14.3. The fraction of sp³-hybridized carbons (Fsp3) is 0.174. The van der Waals surface area contributed by atoms with Crippen molar-refractivity contribution in [3.05, 3.63) is 101 Å². The summed E-state index contributed by atoms with van der Waals surface area (Å²) < 4.78 is 0. The van der Waals surface area contributed by atoms with Crippen LogP contribution in [0.2, 0.25) is 0 Å². The van der Waals surface area contributed by atoms with E-state index in [4.69, 9.17) is 0 Å². The lowest BCUT2D eigenvalue weighted by Gasteiger charge is -2.16. The molecule has 0 aromatic heterocycles. The summed E-state index contributed by atoms with van der Waals surface area (Å²) in [5.41, 5.74) is 5.15. The van der Waals surface area contributed by atoms with Crippen LogP contribution in [0, 0.1) is 13.8 Å². The molecule has 0 atom stereocenters. The normalized spacial score (nSPS) is 9.76. The summed E-state index contributed by atoms with van der Waals surface area (Å²) in [5.74, 6) is 0.0647. The lowest BCUT2D eigenvalue weighted by molar-refractivity contribution is 0.103. The molecule has 0 bridgehead atoms. The maximum Gasteiger partial charge on any atom is 0.195 e. The molecule has 0 spiro atoms. The quantitative estimate of drug-likeness (QED) is 0.608. The van der Waals surface area contributed by atoms with Gasteiger partial charge in [0.25, 0.3) is 0 Å². The van der Waals surface area contributed by atoms with Crippen molar-refractivity contribution in [3.63, 3.8) is 0 Å². The Morgan fingerprint density at radius 1 is 0.680 bits per heavy atom. The van der Waals surface area contributed by atoms with E-state index < -0.39 is 0 Å². The first kappa shape index (κ1) is 18.5. The van der Waals surface area contributed by atoms with Crippen molar-refractivity contribution in [2.75, 3.05) is 19.0 Å². The number of aryl methyl sites for hydroxylation is 2. The maximum absolute atomic E-state index is 12.3. The molecule has 3 aromatic rings. The van der Waals surface area contributed by atoms with Crippen molar-refractivity contribution in [2.24, 2.45) is 0 Å². The molecule has 0 aliphatic heterocycles. The van der Waals surface area contributed by atoms with Gasteiger partial charge in [-0.2, -0.15) is 0 Å². The Hall–Kier alpha value is -2.87. The predicted molar refractivity (Wildman–Crippen MR) is 107 cm³/mol. The first-order valence-electron chi connectivity index (χ1n) is 8.39. The Kier molecular flexibility index (Phi) is 6.53. The van der Waals surface area contributed by atoms with Crippen LogP contribution >= 0.6 is 0 Å². The van der Waals surface area contributed by atoms with Crippen LogP contribution in [0.3, 0.4) is 0 Å². The predicted octanol–water partition coefficient (Wildman–Crippen LogP) is 5.29. The number of hydrogen-bond acceptors (Lipinski definition) is 2. The smallest absolute Gasteiger partial charge is 0.195 e. The van der Waals surface area contributed by atoms with Crippen molar-refractivity contribution in [1.82, 2.24) is 0 Å². The highest BCUT2D eigenvalue weighted by molar-refractivity contribution is 6.12. The molecular weight excluding hydrogens is 306 g/mol. The Labute approximate surface area is 150 Å². The number of hydrogen-bond donors (Lipinski definition) is 0. The molecular formula is C23H25NO. The monoisotopic (exact) mass is 331 g/mol. The summed E-state index contributed by atoms with van der Waals surface area (Å²) in [6, 6.07) is 25.4. The van der Waals surface area contributed by atoms with Gasteiger partial charge in [-0.25, -0.2) is 0 Å². The topological polar surface area (TPSA) is 20.3 Å². The second kappa shape index (κ2) is 8.84. The minimum Gasteiger partial charge on any atom is -0.377 e. The minimum atomic E-state index is 0.0647. The molecule has 0 N–H and O–H groups in total. The molecule has 0 aliphatic carbocycles. The van der Waals surface area contributed by atoms with E-state index in [0.29, 0.717) is 0 Å². The summed E-state index contributed by atoms with van der Waals surface area (Å²) in [5, 5.41) is 0. The van der Waals surface area contributed by atoms with Gasteiger partial charge >= 0.3 is 0 Å². The van der Waals surface area contributed by atoms with Crippen LogP contribution < -0.4 is 4.90 Å². The van der Waals surface area contributed by atoms with Gasteiger partial charge in [-0.15, -0.1) is 0 Å². The molecule has 0 radical (unpaired) electrons. The molecule has 0 saturated heterocycles. The van der Waals surface area contributed by atoms with Gasteiger partial charge in [0.05, 0.1) is 0 Å². The zero-order chi connectivity index (χ0) is 18.2. The zero-order valence-electron chi connectivity index (χ0n) is 15.4. The van der Waals surface area contributed by atoms with Crippen molar-refractivity contribution in [3.8, 4) is 0 Å². The fourth-order valence-corrected chi connectivity index (χ4v) is 2.46. The third-order valence-electron chi connectivity index (χ3n) is 4.09. The first-order chi connectivity index (χ1) is 12.0. The number of rotatable bonds is 3. The molecule has 2 heteroatoms. The highest BCUT2D eigenvalue weighted by Gasteiger charge is 2.13. The Morgan fingerprint density at radius 2 is 1.16 bits per heavy atom. The van der Waals surface area contributed by atoms with Crippen LogP contribution in [0.25, 0.3) is 0 Å². The Balaban J connectivity index is 0.000000236. The molecule has 2 nitrogen and oxygen atoms in total. The number of carbonyl (C=O) groups excluding carboxylic acids is 1. The van der Waals surface area contributed by atoms with Crippen LogP contribution in [0.15, 0.2) is 78.9 Å². The van der Waals surface area contributed by atoms with Gasteiger partial charge < -0.3 is 4.90 Å². The van der Waals surface area contributed by atoms with E-state index in [1.807, 2.05) is 73.6 Å². The number of para-hydroxylation sites is 1. The van der Waals surface area contributed by atoms with Gasteiger partial charge in [-0.1, -0.05) is 66.7 Å². The molecule has 0 fully saturated rings. The van der Waals surface area contributed by atoms with Gasteiger partial charge in [0.2, 0.25) is 0 Å². The van der Waals surface area contributed by atoms with Crippen LogP contribution in [0.1, 0.15) is 27.0 Å². The number of benzene rings is 3. The van der Waals surface area contributed by atoms with Crippen molar-refractivity contribution in [2.45, 2.75) is 13.8 Å². The second-order valence-electron chi connectivity index (χ2n) is 6.19.